The van der Waals surface area contributed by atoms with Gasteiger partial charge in [-0.15, -0.1) is 12.4 Å². The number of rotatable bonds is 4. The zero-order chi connectivity index (χ0) is 13.8. The van der Waals surface area contributed by atoms with Crippen molar-refractivity contribution in [2.45, 2.75) is 25.7 Å². The van der Waals surface area contributed by atoms with Gasteiger partial charge in [-0.3, -0.25) is 0 Å². The molecule has 108 valence electrons. The van der Waals surface area contributed by atoms with Crippen molar-refractivity contribution in [2.75, 3.05) is 0 Å². The third-order valence-electron chi connectivity index (χ3n) is 3.30. The van der Waals surface area contributed by atoms with Crippen molar-refractivity contribution < 1.29 is 0 Å². The van der Waals surface area contributed by atoms with Gasteiger partial charge in [-0.05, 0) is 54.2 Å². The van der Waals surface area contributed by atoms with Gasteiger partial charge in [-0.1, -0.05) is 59.9 Å². The van der Waals surface area contributed by atoms with Crippen LogP contribution in [-0.4, -0.2) is 0 Å². The minimum Gasteiger partial charge on any atom is -0.147 e. The predicted molar refractivity (Wildman–Crippen MR) is 91.9 cm³/mol. The van der Waals surface area contributed by atoms with Crippen molar-refractivity contribution in [3.05, 3.63) is 68.7 Å². The van der Waals surface area contributed by atoms with E-state index in [1.54, 1.807) is 6.07 Å². The maximum atomic E-state index is 6.18. The minimum absolute atomic E-state index is 0. The molecule has 1 unspecified atom stereocenters. The summed E-state index contributed by atoms with van der Waals surface area (Å²) in [5.41, 5.74) is 2.45. The molecule has 0 spiro atoms. The average molecular weight is 350 g/mol. The summed E-state index contributed by atoms with van der Waals surface area (Å²) >= 11 is 18.0. The Morgan fingerprint density at radius 2 is 1.50 bits per heavy atom. The molecule has 0 saturated carbocycles. The van der Waals surface area contributed by atoms with Crippen LogP contribution in [0.25, 0.3) is 0 Å². The van der Waals surface area contributed by atoms with Crippen LogP contribution in [-0.2, 0) is 6.42 Å². The van der Waals surface area contributed by atoms with Crippen LogP contribution in [0.2, 0.25) is 15.1 Å². The van der Waals surface area contributed by atoms with Crippen LogP contribution in [0.4, 0.5) is 0 Å². The van der Waals surface area contributed by atoms with Gasteiger partial charge in [0.25, 0.3) is 0 Å². The Kier molecular flexibility index (Phi) is 7.19. The van der Waals surface area contributed by atoms with Crippen LogP contribution < -0.4 is 0 Å². The van der Waals surface area contributed by atoms with E-state index in [0.717, 1.165) is 28.5 Å². The van der Waals surface area contributed by atoms with Crippen molar-refractivity contribution in [3.63, 3.8) is 0 Å². The van der Waals surface area contributed by atoms with Crippen molar-refractivity contribution in [1.82, 2.24) is 0 Å². The maximum Gasteiger partial charge on any atom is 0.0452 e. The van der Waals surface area contributed by atoms with Gasteiger partial charge in [-0.2, -0.15) is 0 Å². The third-order valence-corrected chi connectivity index (χ3v) is 4.14. The Balaban J connectivity index is 0.00000200. The molecule has 0 saturated heterocycles. The number of benzene rings is 2. The molecule has 0 radical (unpaired) electrons. The summed E-state index contributed by atoms with van der Waals surface area (Å²) in [6, 6.07) is 13.7. The van der Waals surface area contributed by atoms with E-state index in [1.165, 1.54) is 5.56 Å². The lowest BCUT2D eigenvalue weighted by atomic mass is 9.94. The van der Waals surface area contributed by atoms with Crippen LogP contribution >= 0.6 is 47.2 Å². The summed E-state index contributed by atoms with van der Waals surface area (Å²) < 4.78 is 0. The number of aryl methyl sites for hydroxylation is 1. The molecule has 0 fully saturated rings. The average Bonchev–Trinajstić information content (AvgIpc) is 2.38. The Morgan fingerprint density at radius 1 is 0.900 bits per heavy atom. The van der Waals surface area contributed by atoms with Crippen molar-refractivity contribution in [1.29, 1.82) is 0 Å². The van der Waals surface area contributed by atoms with E-state index in [-0.39, 0.29) is 12.4 Å². The summed E-state index contributed by atoms with van der Waals surface area (Å²) in [7, 11) is 0. The molecule has 0 aliphatic heterocycles. The zero-order valence-electron chi connectivity index (χ0n) is 11.1. The van der Waals surface area contributed by atoms with E-state index in [2.05, 4.69) is 19.1 Å². The summed E-state index contributed by atoms with van der Waals surface area (Å²) in [4.78, 5) is 0. The molecule has 2 aromatic rings. The minimum atomic E-state index is 0. The Bertz CT molecular complexity index is 549. The second-order valence-electron chi connectivity index (χ2n) is 4.73. The van der Waals surface area contributed by atoms with Gasteiger partial charge in [0, 0.05) is 15.1 Å². The largest absolute Gasteiger partial charge is 0.147 e. The molecule has 0 aliphatic carbocycles. The fourth-order valence-electron chi connectivity index (χ4n) is 2.05. The van der Waals surface area contributed by atoms with Gasteiger partial charge >= 0.3 is 0 Å². The molecule has 1 atom stereocenters. The summed E-state index contributed by atoms with van der Waals surface area (Å²) in [5, 5.41) is 2.20. The standard InChI is InChI=1S/C16H15Cl3.ClH/c1-11(12-4-7-14(17)8-5-12)2-3-13-6-9-15(18)10-16(13)19;/h4-11H,2-3H2,1H3;1H. The van der Waals surface area contributed by atoms with E-state index in [9.17, 15) is 0 Å². The lowest BCUT2D eigenvalue weighted by Gasteiger charge is -2.12. The molecule has 2 aromatic carbocycles. The molecule has 0 nitrogen and oxygen atoms in total. The first-order valence-electron chi connectivity index (χ1n) is 6.25. The molecule has 0 aliphatic rings. The number of hydrogen-bond donors (Lipinski definition) is 0. The van der Waals surface area contributed by atoms with Crippen molar-refractivity contribution in [3.8, 4) is 0 Å². The van der Waals surface area contributed by atoms with Gasteiger partial charge in [0.15, 0.2) is 0 Å². The summed E-state index contributed by atoms with van der Waals surface area (Å²) in [6.45, 7) is 2.22. The van der Waals surface area contributed by atoms with Crippen molar-refractivity contribution in [2.24, 2.45) is 0 Å². The van der Waals surface area contributed by atoms with Gasteiger partial charge in [-0.25, -0.2) is 0 Å². The molecule has 2 rings (SSSR count). The second-order valence-corrected chi connectivity index (χ2v) is 6.01. The lowest BCUT2D eigenvalue weighted by Crippen LogP contribution is -1.97. The molecule has 4 heteroatoms. The molecule has 0 amide bonds. The first kappa shape index (κ1) is 17.7. The molecular weight excluding hydrogens is 334 g/mol. The van der Waals surface area contributed by atoms with E-state index in [4.69, 9.17) is 34.8 Å². The van der Waals surface area contributed by atoms with E-state index in [0.29, 0.717) is 10.9 Å². The van der Waals surface area contributed by atoms with Crippen LogP contribution in [0.15, 0.2) is 42.5 Å². The van der Waals surface area contributed by atoms with E-state index >= 15 is 0 Å². The topological polar surface area (TPSA) is 0 Å². The molecule has 0 N–H and O–H groups in total. The van der Waals surface area contributed by atoms with Crippen LogP contribution in [0.5, 0.6) is 0 Å². The molecule has 0 bridgehead atoms. The highest BCUT2D eigenvalue weighted by Crippen LogP contribution is 2.26. The lowest BCUT2D eigenvalue weighted by molar-refractivity contribution is 0.680. The third kappa shape index (κ3) is 4.86. The summed E-state index contributed by atoms with van der Waals surface area (Å²) in [6.07, 6.45) is 1.99. The normalized spacial score (nSPS) is 11.8. The SMILES string of the molecule is CC(CCc1ccc(Cl)cc1Cl)c1ccc(Cl)cc1.Cl. The zero-order valence-corrected chi connectivity index (χ0v) is 14.2. The highest BCUT2D eigenvalue weighted by atomic mass is 35.5. The van der Waals surface area contributed by atoms with Gasteiger partial charge < -0.3 is 0 Å². The fourth-order valence-corrected chi connectivity index (χ4v) is 2.68. The second kappa shape index (κ2) is 8.14. The first-order valence-corrected chi connectivity index (χ1v) is 7.39. The molecule has 20 heavy (non-hydrogen) atoms. The number of hydrogen-bond acceptors (Lipinski definition) is 0. The first-order chi connectivity index (χ1) is 9.06. The number of halogens is 4. The smallest absolute Gasteiger partial charge is 0.0452 e. The van der Waals surface area contributed by atoms with Gasteiger partial charge in [0.05, 0.1) is 0 Å². The molecular formula is C16H16Cl4. The Hall–Kier alpha value is -0.400. The fraction of sp³-hybridized carbons (Fsp3) is 0.250. The van der Waals surface area contributed by atoms with E-state index in [1.807, 2.05) is 24.3 Å². The highest BCUT2D eigenvalue weighted by molar-refractivity contribution is 6.35. The summed E-state index contributed by atoms with van der Waals surface area (Å²) in [5.74, 6) is 0.476. The monoisotopic (exact) mass is 348 g/mol. The maximum absolute atomic E-state index is 6.18. The van der Waals surface area contributed by atoms with Crippen LogP contribution in [0.1, 0.15) is 30.4 Å². The molecule has 0 aromatic heterocycles. The Labute approximate surface area is 141 Å². The molecule has 0 heterocycles. The van der Waals surface area contributed by atoms with Gasteiger partial charge in [0.1, 0.15) is 0 Å². The van der Waals surface area contributed by atoms with Crippen LogP contribution in [0.3, 0.4) is 0 Å². The van der Waals surface area contributed by atoms with Crippen LogP contribution in [0, 0.1) is 0 Å². The quantitative estimate of drug-likeness (QED) is 0.569. The van der Waals surface area contributed by atoms with E-state index < -0.39 is 0 Å². The predicted octanol–water partition coefficient (Wildman–Crippen LogP) is 6.80. The highest BCUT2D eigenvalue weighted by Gasteiger charge is 2.08. The van der Waals surface area contributed by atoms with Gasteiger partial charge in [0.2, 0.25) is 0 Å². The Morgan fingerprint density at radius 3 is 2.10 bits per heavy atom. The van der Waals surface area contributed by atoms with Crippen molar-refractivity contribution >= 4 is 47.2 Å².